The van der Waals surface area contributed by atoms with Crippen molar-refractivity contribution in [1.29, 1.82) is 0 Å². The number of thioether (sulfide) groups is 1. The van der Waals surface area contributed by atoms with Crippen molar-refractivity contribution in [1.82, 2.24) is 14.9 Å². The third-order valence-electron chi connectivity index (χ3n) is 4.92. The maximum absolute atomic E-state index is 14.0. The molecule has 2 aromatic carbocycles. The average Bonchev–Trinajstić information content (AvgIpc) is 2.76. The second-order valence-corrected chi connectivity index (χ2v) is 10.1. The number of methoxy groups -OCH3 is 1. The number of ether oxygens (including phenoxy) is 1. The van der Waals surface area contributed by atoms with E-state index in [2.05, 4.69) is 10.0 Å². The van der Waals surface area contributed by atoms with Gasteiger partial charge in [0.2, 0.25) is 15.9 Å². The van der Waals surface area contributed by atoms with Crippen molar-refractivity contribution in [3.8, 4) is 5.75 Å². The minimum atomic E-state index is -4.20. The Morgan fingerprint density at radius 1 is 1.19 bits per heavy atom. The summed E-state index contributed by atoms with van der Waals surface area (Å²) in [6, 6.07) is 11.4. The minimum Gasteiger partial charge on any atom is -0.497 e. The first-order valence-electron chi connectivity index (χ1n) is 10.0. The fourth-order valence-electron chi connectivity index (χ4n) is 3.16. The van der Waals surface area contributed by atoms with E-state index >= 15 is 0 Å². The number of hydrogen-bond donors (Lipinski definition) is 2. The summed E-state index contributed by atoms with van der Waals surface area (Å²) in [5.41, 5.74) is 0.947. The number of hydrogen-bond acceptors (Lipinski definition) is 6. The maximum Gasteiger partial charge on any atom is 0.244 e. The van der Waals surface area contributed by atoms with E-state index < -0.39 is 32.7 Å². The zero-order chi connectivity index (χ0) is 23.7. The molecule has 0 heterocycles. The van der Waals surface area contributed by atoms with Crippen LogP contribution < -0.4 is 14.8 Å². The molecule has 0 radical (unpaired) electrons. The normalized spacial score (nSPS) is 13.6. The number of nitrogens with one attached hydrogen (secondary N) is 2. The second-order valence-electron chi connectivity index (χ2n) is 7.39. The van der Waals surface area contributed by atoms with E-state index in [-0.39, 0.29) is 19.0 Å². The lowest BCUT2D eigenvalue weighted by Crippen LogP contribution is -2.48. The SMILES string of the molecule is COc1cccc(C(CNC(=O)C(CCSC)NS(=O)(=O)c2ccccc2F)N(C)C)c1. The molecule has 0 bridgehead atoms. The molecule has 2 unspecified atom stereocenters. The van der Waals surface area contributed by atoms with Crippen LogP contribution in [0.2, 0.25) is 0 Å². The number of halogens is 1. The number of likely N-dealkylation sites (N-methyl/N-ethyl adjacent to an activating group) is 1. The first kappa shape index (κ1) is 26.1. The topological polar surface area (TPSA) is 87.7 Å². The summed E-state index contributed by atoms with van der Waals surface area (Å²) in [7, 11) is 1.17. The van der Waals surface area contributed by atoms with Gasteiger partial charge in [0.1, 0.15) is 22.5 Å². The van der Waals surface area contributed by atoms with Gasteiger partial charge in [-0.25, -0.2) is 12.8 Å². The lowest BCUT2D eigenvalue weighted by molar-refractivity contribution is -0.123. The Morgan fingerprint density at radius 3 is 2.53 bits per heavy atom. The standard InChI is InChI=1S/C22H30FN3O4S2/c1-26(2)20(16-8-7-9-17(14-16)30-3)15-24-22(27)19(12-13-31-4)25-32(28,29)21-11-6-5-10-18(21)23/h5-11,14,19-20,25H,12-13,15H2,1-4H3,(H,24,27). The first-order valence-corrected chi connectivity index (χ1v) is 12.9. The zero-order valence-electron chi connectivity index (χ0n) is 18.7. The van der Waals surface area contributed by atoms with Crippen molar-refractivity contribution in [3.05, 3.63) is 59.9 Å². The van der Waals surface area contributed by atoms with Crippen LogP contribution in [0.15, 0.2) is 53.4 Å². The Hall–Kier alpha value is -2.14. The lowest BCUT2D eigenvalue weighted by Gasteiger charge is -2.27. The van der Waals surface area contributed by atoms with Gasteiger partial charge in [0.15, 0.2) is 0 Å². The van der Waals surface area contributed by atoms with Crippen LogP contribution in [0, 0.1) is 5.82 Å². The predicted molar refractivity (Wildman–Crippen MR) is 126 cm³/mol. The summed E-state index contributed by atoms with van der Waals surface area (Å²) in [5, 5.41) is 2.85. The van der Waals surface area contributed by atoms with Crippen molar-refractivity contribution in [2.24, 2.45) is 0 Å². The van der Waals surface area contributed by atoms with Crippen LogP contribution in [0.5, 0.6) is 5.75 Å². The van der Waals surface area contributed by atoms with E-state index in [1.54, 1.807) is 7.11 Å². The van der Waals surface area contributed by atoms with Crippen molar-refractivity contribution in [2.45, 2.75) is 23.4 Å². The molecule has 7 nitrogen and oxygen atoms in total. The van der Waals surface area contributed by atoms with Crippen LogP contribution in [-0.2, 0) is 14.8 Å². The monoisotopic (exact) mass is 483 g/mol. The molecule has 0 fully saturated rings. The molecule has 1 amide bonds. The minimum absolute atomic E-state index is 0.154. The Bertz CT molecular complexity index is 1000. The smallest absolute Gasteiger partial charge is 0.244 e. The van der Waals surface area contributed by atoms with Crippen LogP contribution in [0.25, 0.3) is 0 Å². The van der Waals surface area contributed by atoms with Crippen molar-refractivity contribution in [3.63, 3.8) is 0 Å². The van der Waals surface area contributed by atoms with Gasteiger partial charge >= 0.3 is 0 Å². The highest BCUT2D eigenvalue weighted by Crippen LogP contribution is 2.22. The molecule has 2 atom stereocenters. The fourth-order valence-corrected chi connectivity index (χ4v) is 4.94. The highest BCUT2D eigenvalue weighted by molar-refractivity contribution is 7.98. The van der Waals surface area contributed by atoms with Crippen molar-refractivity contribution in [2.75, 3.05) is 39.8 Å². The van der Waals surface area contributed by atoms with E-state index in [4.69, 9.17) is 4.74 Å². The Balaban J connectivity index is 2.16. The van der Waals surface area contributed by atoms with Gasteiger partial charge in [-0.2, -0.15) is 16.5 Å². The molecule has 2 aromatic rings. The lowest BCUT2D eigenvalue weighted by atomic mass is 10.1. The fraction of sp³-hybridized carbons (Fsp3) is 0.409. The Kier molecular flexibility index (Phi) is 9.95. The summed E-state index contributed by atoms with van der Waals surface area (Å²) in [6.07, 6.45) is 2.14. The van der Waals surface area contributed by atoms with Gasteiger partial charge in [-0.3, -0.25) is 4.79 Å². The Morgan fingerprint density at radius 2 is 1.91 bits per heavy atom. The summed E-state index contributed by atoms with van der Waals surface area (Å²) in [6.45, 7) is 0.260. The molecule has 0 aromatic heterocycles. The number of rotatable bonds is 12. The molecule has 0 aliphatic carbocycles. The molecule has 32 heavy (non-hydrogen) atoms. The van der Waals surface area contributed by atoms with E-state index in [1.807, 2.05) is 49.5 Å². The van der Waals surface area contributed by atoms with Crippen LogP contribution in [-0.4, -0.2) is 65.0 Å². The number of carbonyl (C=O) groups excluding carboxylic acids is 1. The van der Waals surface area contributed by atoms with E-state index in [0.29, 0.717) is 11.5 Å². The van der Waals surface area contributed by atoms with Crippen LogP contribution in [0.3, 0.4) is 0 Å². The first-order chi connectivity index (χ1) is 15.2. The largest absolute Gasteiger partial charge is 0.497 e. The Labute approximate surface area is 193 Å². The van der Waals surface area contributed by atoms with Crippen LogP contribution in [0.4, 0.5) is 4.39 Å². The highest BCUT2D eigenvalue weighted by atomic mass is 32.2. The molecule has 10 heteroatoms. The third-order valence-corrected chi connectivity index (χ3v) is 7.07. The predicted octanol–water partition coefficient (Wildman–Crippen LogP) is 2.65. The quantitative estimate of drug-likeness (QED) is 0.483. The summed E-state index contributed by atoms with van der Waals surface area (Å²) in [4.78, 5) is 14.4. The van der Waals surface area contributed by atoms with Gasteiger partial charge < -0.3 is 15.0 Å². The van der Waals surface area contributed by atoms with Crippen LogP contribution >= 0.6 is 11.8 Å². The zero-order valence-corrected chi connectivity index (χ0v) is 20.3. The van der Waals surface area contributed by atoms with Gasteiger partial charge in [0, 0.05) is 6.54 Å². The highest BCUT2D eigenvalue weighted by Gasteiger charge is 2.28. The molecule has 2 N–H and O–H groups in total. The van der Waals surface area contributed by atoms with Crippen molar-refractivity contribution >= 4 is 27.7 Å². The van der Waals surface area contributed by atoms with Crippen molar-refractivity contribution < 1.29 is 22.3 Å². The van der Waals surface area contributed by atoms with Gasteiger partial charge in [-0.05, 0) is 62.4 Å². The number of amides is 1. The van der Waals surface area contributed by atoms with Crippen LogP contribution in [0.1, 0.15) is 18.0 Å². The number of benzene rings is 2. The van der Waals surface area contributed by atoms with E-state index in [9.17, 15) is 17.6 Å². The molecular weight excluding hydrogens is 453 g/mol. The van der Waals surface area contributed by atoms with E-state index in [0.717, 1.165) is 11.6 Å². The molecule has 0 saturated heterocycles. The second kappa shape index (κ2) is 12.2. The van der Waals surface area contributed by atoms with Gasteiger partial charge in [0.25, 0.3) is 0 Å². The summed E-state index contributed by atoms with van der Waals surface area (Å²) in [5.74, 6) is -0.0650. The molecule has 0 aliphatic rings. The molecular formula is C22H30FN3O4S2. The molecule has 0 spiro atoms. The summed E-state index contributed by atoms with van der Waals surface area (Å²) < 4.78 is 47.1. The average molecular weight is 484 g/mol. The number of nitrogens with zero attached hydrogens (tertiary/aromatic N) is 1. The molecule has 2 rings (SSSR count). The van der Waals surface area contributed by atoms with Gasteiger partial charge in [-0.15, -0.1) is 0 Å². The van der Waals surface area contributed by atoms with Gasteiger partial charge in [0.05, 0.1) is 13.2 Å². The summed E-state index contributed by atoms with van der Waals surface area (Å²) >= 11 is 1.49. The number of carbonyl (C=O) groups is 1. The molecule has 176 valence electrons. The van der Waals surface area contributed by atoms with E-state index in [1.165, 1.54) is 30.0 Å². The number of sulfonamides is 1. The maximum atomic E-state index is 14.0. The molecule has 0 aliphatic heterocycles. The van der Waals surface area contributed by atoms with Gasteiger partial charge in [-0.1, -0.05) is 24.3 Å². The third kappa shape index (κ3) is 7.19. The molecule has 0 saturated carbocycles.